The predicted octanol–water partition coefficient (Wildman–Crippen LogP) is 4.08. The molecule has 1 fully saturated rings. The van der Waals surface area contributed by atoms with Crippen molar-refractivity contribution in [3.8, 4) is 5.75 Å². The summed E-state index contributed by atoms with van der Waals surface area (Å²) in [5, 5.41) is 3.32. The van der Waals surface area contributed by atoms with E-state index in [2.05, 4.69) is 5.32 Å². The normalized spacial score (nSPS) is 17.2. The molecule has 22 heavy (non-hydrogen) atoms. The Kier molecular flexibility index (Phi) is 4.68. The maximum absolute atomic E-state index is 13.6. The SMILES string of the molecule is Fc1cccc(O[C@@H](c2cccc(F)c2)C2CCNCC2)c1. The van der Waals surface area contributed by atoms with Crippen molar-refractivity contribution >= 4 is 0 Å². The summed E-state index contributed by atoms with van der Waals surface area (Å²) in [6, 6.07) is 12.6. The molecule has 0 saturated carbocycles. The molecule has 0 bridgehead atoms. The van der Waals surface area contributed by atoms with Crippen molar-refractivity contribution < 1.29 is 13.5 Å². The molecule has 0 amide bonds. The fourth-order valence-corrected chi connectivity index (χ4v) is 2.95. The topological polar surface area (TPSA) is 21.3 Å². The summed E-state index contributed by atoms with van der Waals surface area (Å²) in [6.07, 6.45) is 1.65. The van der Waals surface area contributed by atoms with E-state index < -0.39 is 0 Å². The minimum Gasteiger partial charge on any atom is -0.485 e. The minimum absolute atomic E-state index is 0.264. The number of rotatable bonds is 4. The van der Waals surface area contributed by atoms with Gasteiger partial charge in [0.1, 0.15) is 23.5 Å². The van der Waals surface area contributed by atoms with Crippen molar-refractivity contribution in [2.24, 2.45) is 5.92 Å². The Morgan fingerprint density at radius 3 is 2.32 bits per heavy atom. The number of hydrogen-bond donors (Lipinski definition) is 1. The predicted molar refractivity (Wildman–Crippen MR) is 81.8 cm³/mol. The van der Waals surface area contributed by atoms with E-state index in [4.69, 9.17) is 4.74 Å². The molecular weight excluding hydrogens is 284 g/mol. The lowest BCUT2D eigenvalue weighted by atomic mass is 9.88. The first-order valence-electron chi connectivity index (χ1n) is 7.61. The van der Waals surface area contributed by atoms with Crippen molar-refractivity contribution in [2.45, 2.75) is 18.9 Å². The average molecular weight is 303 g/mol. The van der Waals surface area contributed by atoms with Gasteiger partial charge in [0.15, 0.2) is 0 Å². The van der Waals surface area contributed by atoms with E-state index in [-0.39, 0.29) is 23.7 Å². The van der Waals surface area contributed by atoms with E-state index >= 15 is 0 Å². The average Bonchev–Trinajstić information content (AvgIpc) is 2.53. The van der Waals surface area contributed by atoms with Gasteiger partial charge < -0.3 is 10.1 Å². The molecule has 2 nitrogen and oxygen atoms in total. The number of benzene rings is 2. The molecule has 1 aliphatic heterocycles. The molecule has 3 rings (SSSR count). The van der Waals surface area contributed by atoms with Crippen LogP contribution in [0.25, 0.3) is 0 Å². The fraction of sp³-hybridized carbons (Fsp3) is 0.333. The quantitative estimate of drug-likeness (QED) is 0.919. The zero-order chi connectivity index (χ0) is 15.4. The molecule has 2 aromatic rings. The lowest BCUT2D eigenvalue weighted by molar-refractivity contribution is 0.112. The van der Waals surface area contributed by atoms with Crippen LogP contribution in [-0.4, -0.2) is 13.1 Å². The summed E-state index contributed by atoms with van der Waals surface area (Å²) in [5.41, 5.74) is 0.802. The molecule has 2 aromatic carbocycles. The van der Waals surface area contributed by atoms with Gasteiger partial charge in [-0.1, -0.05) is 18.2 Å². The summed E-state index contributed by atoms with van der Waals surface area (Å²) in [4.78, 5) is 0. The molecule has 1 heterocycles. The third-order valence-corrected chi connectivity index (χ3v) is 4.05. The van der Waals surface area contributed by atoms with E-state index in [0.717, 1.165) is 31.5 Å². The smallest absolute Gasteiger partial charge is 0.127 e. The van der Waals surface area contributed by atoms with E-state index in [1.54, 1.807) is 18.2 Å². The Morgan fingerprint density at radius 1 is 0.955 bits per heavy atom. The largest absolute Gasteiger partial charge is 0.485 e. The second-order valence-electron chi connectivity index (χ2n) is 5.64. The monoisotopic (exact) mass is 303 g/mol. The Bertz CT molecular complexity index is 626. The molecule has 0 unspecified atom stereocenters. The summed E-state index contributed by atoms with van der Waals surface area (Å²) in [5.74, 6) is 0.152. The third-order valence-electron chi connectivity index (χ3n) is 4.05. The second kappa shape index (κ2) is 6.88. The van der Waals surface area contributed by atoms with Gasteiger partial charge in [-0.05, 0) is 55.8 Å². The highest BCUT2D eigenvalue weighted by molar-refractivity contribution is 5.26. The number of halogens is 2. The molecule has 1 atom stereocenters. The Balaban J connectivity index is 1.88. The first-order chi connectivity index (χ1) is 10.7. The van der Waals surface area contributed by atoms with Crippen LogP contribution in [0.5, 0.6) is 5.75 Å². The van der Waals surface area contributed by atoms with Crippen molar-refractivity contribution in [1.82, 2.24) is 5.32 Å². The van der Waals surface area contributed by atoms with Crippen LogP contribution in [0, 0.1) is 17.6 Å². The summed E-state index contributed by atoms with van der Waals surface area (Å²) >= 11 is 0. The van der Waals surface area contributed by atoms with Crippen molar-refractivity contribution in [1.29, 1.82) is 0 Å². The third kappa shape index (κ3) is 3.63. The maximum atomic E-state index is 13.6. The highest BCUT2D eigenvalue weighted by Gasteiger charge is 2.27. The van der Waals surface area contributed by atoms with Crippen LogP contribution in [0.3, 0.4) is 0 Å². The van der Waals surface area contributed by atoms with Crippen LogP contribution >= 0.6 is 0 Å². The van der Waals surface area contributed by atoms with Gasteiger partial charge >= 0.3 is 0 Å². The molecule has 0 spiro atoms. The van der Waals surface area contributed by atoms with Gasteiger partial charge in [-0.3, -0.25) is 0 Å². The van der Waals surface area contributed by atoms with Crippen LogP contribution in [0.1, 0.15) is 24.5 Å². The van der Waals surface area contributed by atoms with E-state index in [9.17, 15) is 8.78 Å². The molecule has 0 aliphatic carbocycles. The zero-order valence-electron chi connectivity index (χ0n) is 12.3. The molecule has 0 radical (unpaired) electrons. The van der Waals surface area contributed by atoms with Crippen LogP contribution in [0.2, 0.25) is 0 Å². The van der Waals surface area contributed by atoms with Crippen molar-refractivity contribution in [3.63, 3.8) is 0 Å². The molecule has 4 heteroatoms. The second-order valence-corrected chi connectivity index (χ2v) is 5.64. The van der Waals surface area contributed by atoms with Crippen LogP contribution in [-0.2, 0) is 0 Å². The first-order valence-corrected chi connectivity index (χ1v) is 7.61. The number of piperidine rings is 1. The highest BCUT2D eigenvalue weighted by atomic mass is 19.1. The lowest BCUT2D eigenvalue weighted by Crippen LogP contribution is -2.32. The minimum atomic E-state index is -0.333. The van der Waals surface area contributed by atoms with Crippen molar-refractivity contribution in [3.05, 3.63) is 65.7 Å². The van der Waals surface area contributed by atoms with Crippen LogP contribution < -0.4 is 10.1 Å². The molecule has 1 N–H and O–H groups in total. The van der Waals surface area contributed by atoms with Gasteiger partial charge in [0.05, 0.1) is 0 Å². The molecule has 1 saturated heterocycles. The summed E-state index contributed by atoms with van der Waals surface area (Å²) in [7, 11) is 0. The number of ether oxygens (including phenoxy) is 1. The lowest BCUT2D eigenvalue weighted by Gasteiger charge is -2.31. The van der Waals surface area contributed by atoms with E-state index in [1.807, 2.05) is 6.07 Å². The Hall–Kier alpha value is -1.94. The zero-order valence-corrected chi connectivity index (χ0v) is 12.3. The van der Waals surface area contributed by atoms with Crippen LogP contribution in [0.4, 0.5) is 8.78 Å². The van der Waals surface area contributed by atoms with Gasteiger partial charge in [0.25, 0.3) is 0 Å². The Morgan fingerprint density at radius 2 is 1.64 bits per heavy atom. The molecular formula is C18H19F2NO. The molecule has 0 aromatic heterocycles. The Labute approximate surface area is 129 Å². The van der Waals surface area contributed by atoms with Gasteiger partial charge in [-0.15, -0.1) is 0 Å². The van der Waals surface area contributed by atoms with E-state index in [1.165, 1.54) is 24.3 Å². The highest BCUT2D eigenvalue weighted by Crippen LogP contribution is 2.34. The number of hydrogen-bond acceptors (Lipinski definition) is 2. The van der Waals surface area contributed by atoms with Gasteiger partial charge in [-0.2, -0.15) is 0 Å². The number of nitrogens with one attached hydrogen (secondary N) is 1. The summed E-state index contributed by atoms with van der Waals surface area (Å²) in [6.45, 7) is 1.84. The fourth-order valence-electron chi connectivity index (χ4n) is 2.95. The summed E-state index contributed by atoms with van der Waals surface area (Å²) < 4.78 is 33.0. The maximum Gasteiger partial charge on any atom is 0.127 e. The van der Waals surface area contributed by atoms with Crippen molar-refractivity contribution in [2.75, 3.05) is 13.1 Å². The van der Waals surface area contributed by atoms with Gasteiger partial charge in [0.2, 0.25) is 0 Å². The standard InChI is InChI=1S/C18H19F2NO/c19-15-4-1-3-14(11-15)18(13-7-9-21-10-8-13)22-17-6-2-5-16(20)12-17/h1-6,11-13,18,21H,7-10H2/t18-/m1/s1. The molecule has 116 valence electrons. The molecule has 1 aliphatic rings. The van der Waals surface area contributed by atoms with Gasteiger partial charge in [-0.25, -0.2) is 8.78 Å². The first kappa shape index (κ1) is 15.0. The van der Waals surface area contributed by atoms with Gasteiger partial charge in [0, 0.05) is 12.0 Å². The van der Waals surface area contributed by atoms with Crippen LogP contribution in [0.15, 0.2) is 48.5 Å². The van der Waals surface area contributed by atoms with E-state index in [0.29, 0.717) is 5.75 Å².